The van der Waals surface area contributed by atoms with Gasteiger partial charge in [-0.25, -0.2) is 4.79 Å². The van der Waals surface area contributed by atoms with Crippen LogP contribution in [0.3, 0.4) is 0 Å². The molecule has 10 heteroatoms. The van der Waals surface area contributed by atoms with Crippen molar-refractivity contribution in [1.82, 2.24) is 0 Å². The van der Waals surface area contributed by atoms with E-state index < -0.39 is 16.4 Å². The monoisotopic (exact) mass is 541 g/mol. The van der Waals surface area contributed by atoms with Gasteiger partial charge >= 0.3 is 5.97 Å². The molecule has 0 amide bonds. The summed E-state index contributed by atoms with van der Waals surface area (Å²) in [6, 6.07) is 19.5. The van der Waals surface area contributed by atoms with E-state index in [1.54, 1.807) is 37.3 Å². The van der Waals surface area contributed by atoms with Crippen LogP contribution in [0.5, 0.6) is 0 Å². The minimum absolute atomic E-state index is 0.0807. The van der Waals surface area contributed by atoms with Crippen molar-refractivity contribution in [3.05, 3.63) is 66.2 Å². The van der Waals surface area contributed by atoms with Gasteiger partial charge < -0.3 is 9.29 Å². The predicted octanol–water partition coefficient (Wildman–Crippen LogP) is 5.54. The Morgan fingerprint density at radius 2 is 1.49 bits per heavy atom. The van der Waals surface area contributed by atoms with E-state index in [0.29, 0.717) is 15.8 Å². The highest BCUT2D eigenvalue weighted by atomic mass is 32.3. The third-order valence-electron chi connectivity index (χ3n) is 4.41. The number of oxime groups is 1. The fourth-order valence-electron chi connectivity index (χ4n) is 2.72. The van der Waals surface area contributed by atoms with Crippen LogP contribution in [0.2, 0.25) is 0 Å². The molecule has 0 N–H and O–H groups in total. The van der Waals surface area contributed by atoms with E-state index in [0.717, 1.165) is 11.8 Å². The maximum atomic E-state index is 11.5. The lowest BCUT2D eigenvalue weighted by atomic mass is 10.2. The molecule has 0 heterocycles. The van der Waals surface area contributed by atoms with Crippen molar-refractivity contribution in [1.29, 1.82) is 0 Å². The first-order valence-electron chi connectivity index (χ1n) is 11.6. The normalized spacial score (nSPS) is 11.5. The highest BCUT2D eigenvalue weighted by Gasteiger charge is 2.17. The third-order valence-corrected chi connectivity index (χ3v) is 8.08. The molecule has 0 radical (unpaired) electrons. The van der Waals surface area contributed by atoms with E-state index in [-0.39, 0.29) is 11.7 Å². The molecule has 0 saturated heterocycles. The lowest BCUT2D eigenvalue weighted by molar-refractivity contribution is -0.134. The van der Waals surface area contributed by atoms with Gasteiger partial charge in [0.1, 0.15) is 17.3 Å². The summed E-state index contributed by atoms with van der Waals surface area (Å²) in [6.07, 6.45) is 5.48. The lowest BCUT2D eigenvalue weighted by Gasteiger charge is -2.08. The molecule has 7 nitrogen and oxygen atoms in total. The minimum atomic E-state index is -5.02. The Kier molecular flexibility index (Phi) is 16.2. The molecule has 0 bridgehead atoms. The molecule has 194 valence electrons. The Morgan fingerprint density at radius 1 is 0.943 bits per heavy atom. The standard InChI is InChI=1S/C15H25S.C10H11NO6S2/c1-3-5-12-16(13-6-4-2)14-15-10-8-7-9-11-15;1-2-16-10(12)9(11-17-19(13,14)15)18-8-6-4-3-5-7-8/h7-11H,3-6,12-14H2,1-2H3;3-7H,2H2,1H3,(H,13,14,15)/q+1;/p-1/b;11-9-. The average Bonchev–Trinajstić information content (AvgIpc) is 2.84. The second-order valence-electron chi connectivity index (χ2n) is 7.37. The maximum Gasteiger partial charge on any atom is 0.367 e. The van der Waals surface area contributed by atoms with E-state index in [9.17, 15) is 17.8 Å². The molecule has 0 spiro atoms. The molecule has 0 unspecified atom stereocenters. The summed E-state index contributed by atoms with van der Waals surface area (Å²) < 4.78 is 39.4. The SMILES string of the molecule is CCCC[S+](CCCC)Cc1ccccc1.CCOC(=O)/C(=N/OS(=O)(=O)[O-])Sc1ccccc1. The molecule has 2 aromatic rings. The fourth-order valence-corrected chi connectivity index (χ4v) is 6.22. The Labute approximate surface area is 217 Å². The topological polar surface area (TPSA) is 105 Å². The summed E-state index contributed by atoms with van der Waals surface area (Å²) in [4.78, 5) is 12.1. The first kappa shape index (κ1) is 31.0. The molecule has 0 saturated carbocycles. The van der Waals surface area contributed by atoms with Crippen LogP contribution >= 0.6 is 11.8 Å². The number of hydrogen-bond acceptors (Lipinski definition) is 8. The summed E-state index contributed by atoms with van der Waals surface area (Å²) in [7, 11) is -4.39. The van der Waals surface area contributed by atoms with Crippen molar-refractivity contribution in [3.63, 3.8) is 0 Å². The number of unbranched alkanes of at least 4 members (excludes halogenated alkanes) is 2. The van der Waals surface area contributed by atoms with Gasteiger partial charge in [-0.3, -0.25) is 4.28 Å². The maximum absolute atomic E-state index is 11.5. The van der Waals surface area contributed by atoms with Crippen molar-refractivity contribution in [2.75, 3.05) is 18.1 Å². The summed E-state index contributed by atoms with van der Waals surface area (Å²) in [5.74, 6) is 3.30. The number of carbonyl (C=O) groups is 1. The first-order valence-corrected chi connectivity index (χ1v) is 15.5. The number of ether oxygens (including phenoxy) is 1. The zero-order valence-corrected chi connectivity index (χ0v) is 23.0. The lowest BCUT2D eigenvalue weighted by Crippen LogP contribution is -2.15. The van der Waals surface area contributed by atoms with Crippen LogP contribution in [-0.2, 0) is 40.9 Å². The van der Waals surface area contributed by atoms with Gasteiger partial charge in [0.05, 0.1) is 6.61 Å². The summed E-state index contributed by atoms with van der Waals surface area (Å²) in [5.41, 5.74) is 1.53. The van der Waals surface area contributed by atoms with Crippen molar-refractivity contribution in [3.8, 4) is 0 Å². The van der Waals surface area contributed by atoms with Crippen LogP contribution in [0.1, 0.15) is 52.0 Å². The summed E-state index contributed by atoms with van der Waals surface area (Å²) in [5, 5.41) is 2.63. The second kappa shape index (κ2) is 18.3. The number of thioether (sulfide) groups is 1. The first-order chi connectivity index (χ1) is 16.8. The Bertz CT molecular complexity index is 961. The Morgan fingerprint density at radius 3 is 1.97 bits per heavy atom. The van der Waals surface area contributed by atoms with E-state index in [1.165, 1.54) is 48.5 Å². The quantitative estimate of drug-likeness (QED) is 0.0508. The summed E-state index contributed by atoms with van der Waals surface area (Å²) in [6.45, 7) is 6.25. The fraction of sp³-hybridized carbons (Fsp3) is 0.440. The smallest absolute Gasteiger partial charge is 0.367 e. The molecule has 0 aromatic heterocycles. The number of esters is 1. The molecule has 35 heavy (non-hydrogen) atoms. The number of nitrogens with zero attached hydrogens (tertiary/aromatic N) is 1. The van der Waals surface area contributed by atoms with E-state index in [2.05, 4.69) is 58.4 Å². The van der Waals surface area contributed by atoms with Crippen LogP contribution in [0, 0.1) is 0 Å². The molecular formula is C25H35NO6S3. The van der Waals surface area contributed by atoms with Crippen LogP contribution in [-0.4, -0.2) is 42.1 Å². The van der Waals surface area contributed by atoms with E-state index in [4.69, 9.17) is 0 Å². The molecule has 0 fully saturated rings. The van der Waals surface area contributed by atoms with Crippen LogP contribution in [0.4, 0.5) is 0 Å². The van der Waals surface area contributed by atoms with Crippen LogP contribution in [0.15, 0.2) is 70.7 Å². The molecule has 2 aromatic carbocycles. The van der Waals surface area contributed by atoms with Gasteiger partial charge in [-0.1, -0.05) is 92.1 Å². The van der Waals surface area contributed by atoms with E-state index in [1.807, 2.05) is 0 Å². The second-order valence-corrected chi connectivity index (χ2v) is 11.7. The average molecular weight is 542 g/mol. The van der Waals surface area contributed by atoms with Gasteiger partial charge in [-0.2, -0.15) is 8.42 Å². The molecule has 2 rings (SSSR count). The zero-order chi connectivity index (χ0) is 25.9. The highest BCUT2D eigenvalue weighted by molar-refractivity contribution is 8.15. The number of benzene rings is 2. The minimum Gasteiger partial charge on any atom is -0.714 e. The number of rotatable bonds is 12. The zero-order valence-electron chi connectivity index (χ0n) is 20.6. The third kappa shape index (κ3) is 15.6. The molecule has 0 aliphatic rings. The van der Waals surface area contributed by atoms with E-state index >= 15 is 0 Å². The Hall–Kier alpha value is -2.01. The van der Waals surface area contributed by atoms with Gasteiger partial charge in [0, 0.05) is 10.5 Å². The Balaban J connectivity index is 0.000000355. The van der Waals surface area contributed by atoms with Gasteiger partial charge in [-0.05, 0) is 42.8 Å². The van der Waals surface area contributed by atoms with Crippen molar-refractivity contribution in [2.45, 2.75) is 57.1 Å². The predicted molar refractivity (Wildman–Crippen MR) is 144 cm³/mol. The van der Waals surface area contributed by atoms with Gasteiger partial charge in [0.2, 0.25) is 5.04 Å². The van der Waals surface area contributed by atoms with Crippen LogP contribution in [0.25, 0.3) is 0 Å². The van der Waals surface area contributed by atoms with Crippen molar-refractivity contribution >= 4 is 44.1 Å². The van der Waals surface area contributed by atoms with Gasteiger partial charge in [-0.15, -0.1) is 0 Å². The van der Waals surface area contributed by atoms with Gasteiger partial charge in [0.15, 0.2) is 0 Å². The van der Waals surface area contributed by atoms with Gasteiger partial charge in [0.25, 0.3) is 10.4 Å². The molecule has 0 aliphatic carbocycles. The number of carbonyl (C=O) groups excluding carboxylic acids is 1. The summed E-state index contributed by atoms with van der Waals surface area (Å²) >= 11 is 0.825. The molecule has 0 aliphatic heterocycles. The van der Waals surface area contributed by atoms with Crippen molar-refractivity contribution in [2.24, 2.45) is 5.16 Å². The largest absolute Gasteiger partial charge is 0.714 e. The van der Waals surface area contributed by atoms with Crippen molar-refractivity contribution < 1.29 is 26.8 Å². The molecular weight excluding hydrogens is 506 g/mol. The number of hydrogen-bond donors (Lipinski definition) is 0. The van der Waals surface area contributed by atoms with Crippen LogP contribution < -0.4 is 0 Å². The highest BCUT2D eigenvalue weighted by Crippen LogP contribution is 2.20. The molecule has 0 atom stereocenters.